The Balaban J connectivity index is 2.17. The third-order valence-electron chi connectivity index (χ3n) is 2.56. The van der Waals surface area contributed by atoms with Crippen LogP contribution in [-0.4, -0.2) is 25.8 Å². The Bertz CT molecular complexity index is 339. The summed E-state index contributed by atoms with van der Waals surface area (Å²) in [6.45, 7) is 3.77. The minimum Gasteiger partial charge on any atom is -0.462 e. The largest absolute Gasteiger partial charge is 0.462 e. The molecular formula is C11H14O3S. The second-order valence-corrected chi connectivity index (χ2v) is 4.27. The van der Waals surface area contributed by atoms with E-state index in [-0.39, 0.29) is 5.97 Å². The third-order valence-corrected chi connectivity index (χ3v) is 3.32. The highest BCUT2D eigenvalue weighted by molar-refractivity contribution is 7.08. The van der Waals surface area contributed by atoms with Crippen LogP contribution < -0.4 is 0 Å². The van der Waals surface area contributed by atoms with E-state index < -0.39 is 0 Å². The molecule has 0 radical (unpaired) electrons. The minimum atomic E-state index is -0.208. The zero-order chi connectivity index (χ0) is 10.7. The van der Waals surface area contributed by atoms with Crippen LogP contribution in [0.1, 0.15) is 35.2 Å². The van der Waals surface area contributed by atoms with Crippen molar-refractivity contribution in [3.05, 3.63) is 21.9 Å². The number of carbonyl (C=O) groups excluding carboxylic acids is 1. The predicted molar refractivity (Wildman–Crippen MR) is 58.5 cm³/mol. The Morgan fingerprint density at radius 3 is 3.20 bits per heavy atom. The van der Waals surface area contributed by atoms with Gasteiger partial charge in [0.25, 0.3) is 0 Å². The average molecular weight is 226 g/mol. The van der Waals surface area contributed by atoms with Gasteiger partial charge in [-0.2, -0.15) is 11.3 Å². The van der Waals surface area contributed by atoms with Crippen LogP contribution in [0.4, 0.5) is 0 Å². The molecule has 1 aliphatic heterocycles. The van der Waals surface area contributed by atoms with Gasteiger partial charge >= 0.3 is 5.97 Å². The zero-order valence-corrected chi connectivity index (χ0v) is 9.51. The summed E-state index contributed by atoms with van der Waals surface area (Å²) in [5.74, 6) is 0.163. The first-order valence-electron chi connectivity index (χ1n) is 5.14. The molecule has 0 aromatic carbocycles. The molecule has 0 saturated carbocycles. The Morgan fingerprint density at radius 2 is 2.53 bits per heavy atom. The molecule has 1 aromatic rings. The van der Waals surface area contributed by atoms with Gasteiger partial charge in [-0.15, -0.1) is 0 Å². The molecule has 82 valence electrons. The number of hydrogen-bond acceptors (Lipinski definition) is 4. The summed E-state index contributed by atoms with van der Waals surface area (Å²) >= 11 is 1.55. The van der Waals surface area contributed by atoms with Crippen molar-refractivity contribution >= 4 is 17.3 Å². The van der Waals surface area contributed by atoms with Gasteiger partial charge < -0.3 is 9.47 Å². The van der Waals surface area contributed by atoms with Crippen LogP contribution >= 0.6 is 11.3 Å². The van der Waals surface area contributed by atoms with Gasteiger partial charge in [-0.3, -0.25) is 0 Å². The van der Waals surface area contributed by atoms with Gasteiger partial charge in [0, 0.05) is 17.9 Å². The van der Waals surface area contributed by atoms with Crippen molar-refractivity contribution in [3.63, 3.8) is 0 Å². The highest BCUT2D eigenvalue weighted by Crippen LogP contribution is 2.30. The molecule has 3 nitrogen and oxygen atoms in total. The fraction of sp³-hybridized carbons (Fsp3) is 0.545. The lowest BCUT2D eigenvalue weighted by molar-refractivity contribution is 0.0525. The second-order valence-electron chi connectivity index (χ2n) is 3.52. The van der Waals surface area contributed by atoms with Crippen LogP contribution in [0, 0.1) is 0 Å². The van der Waals surface area contributed by atoms with E-state index >= 15 is 0 Å². The molecule has 0 bridgehead atoms. The lowest BCUT2D eigenvalue weighted by Crippen LogP contribution is -2.08. The summed E-state index contributed by atoms with van der Waals surface area (Å²) in [5, 5.41) is 3.90. The Kier molecular flexibility index (Phi) is 3.38. The Labute approximate surface area is 93.0 Å². The van der Waals surface area contributed by atoms with Gasteiger partial charge in [0.05, 0.1) is 18.8 Å². The number of carbonyl (C=O) groups is 1. The molecule has 0 amide bonds. The number of hydrogen-bond donors (Lipinski definition) is 0. The molecule has 1 saturated heterocycles. The first kappa shape index (κ1) is 10.6. The maximum absolute atomic E-state index is 11.6. The van der Waals surface area contributed by atoms with Gasteiger partial charge in [0.1, 0.15) is 0 Å². The maximum Gasteiger partial charge on any atom is 0.339 e. The molecule has 15 heavy (non-hydrogen) atoms. The molecule has 1 unspecified atom stereocenters. The van der Waals surface area contributed by atoms with Gasteiger partial charge in [-0.05, 0) is 24.3 Å². The van der Waals surface area contributed by atoms with Gasteiger partial charge in [-0.1, -0.05) is 0 Å². The SMILES string of the molecule is CCOC(=O)c1cscc1C1CCOC1. The first-order valence-corrected chi connectivity index (χ1v) is 6.08. The van der Waals surface area contributed by atoms with Crippen LogP contribution in [0.15, 0.2) is 10.8 Å². The minimum absolute atomic E-state index is 0.208. The van der Waals surface area contributed by atoms with Crippen LogP contribution in [0.5, 0.6) is 0 Å². The quantitative estimate of drug-likeness (QED) is 0.742. The van der Waals surface area contributed by atoms with E-state index in [1.54, 1.807) is 11.3 Å². The molecule has 0 N–H and O–H groups in total. The van der Waals surface area contributed by atoms with E-state index in [9.17, 15) is 4.79 Å². The zero-order valence-electron chi connectivity index (χ0n) is 8.69. The van der Waals surface area contributed by atoms with E-state index in [1.807, 2.05) is 17.7 Å². The normalized spacial score (nSPS) is 20.5. The molecule has 2 heterocycles. The third kappa shape index (κ3) is 2.21. The highest BCUT2D eigenvalue weighted by atomic mass is 32.1. The molecule has 2 rings (SSSR count). The van der Waals surface area contributed by atoms with Crippen LogP contribution in [0.2, 0.25) is 0 Å². The van der Waals surface area contributed by atoms with E-state index in [1.165, 1.54) is 0 Å². The fourth-order valence-electron chi connectivity index (χ4n) is 1.78. The number of rotatable bonds is 3. The van der Waals surface area contributed by atoms with Crippen LogP contribution in [0.3, 0.4) is 0 Å². The van der Waals surface area contributed by atoms with Crippen LogP contribution in [0.25, 0.3) is 0 Å². The van der Waals surface area contributed by atoms with Crippen LogP contribution in [-0.2, 0) is 9.47 Å². The molecule has 1 aliphatic rings. The van der Waals surface area contributed by atoms with E-state index in [0.29, 0.717) is 12.5 Å². The summed E-state index contributed by atoms with van der Waals surface area (Å²) in [6, 6.07) is 0. The predicted octanol–water partition coefficient (Wildman–Crippen LogP) is 2.43. The van der Waals surface area contributed by atoms with Gasteiger partial charge in [0.15, 0.2) is 0 Å². The summed E-state index contributed by atoms with van der Waals surface area (Å²) in [6.07, 6.45) is 1.00. The molecular weight excluding hydrogens is 212 g/mol. The fourth-order valence-corrected chi connectivity index (χ4v) is 2.68. The number of esters is 1. The lowest BCUT2D eigenvalue weighted by atomic mass is 9.98. The van der Waals surface area contributed by atoms with Crippen molar-refractivity contribution in [1.82, 2.24) is 0 Å². The lowest BCUT2D eigenvalue weighted by Gasteiger charge is -2.08. The van der Waals surface area contributed by atoms with E-state index in [0.717, 1.165) is 30.8 Å². The van der Waals surface area contributed by atoms with Gasteiger partial charge in [-0.25, -0.2) is 4.79 Å². The first-order chi connectivity index (χ1) is 7.33. The molecule has 0 spiro atoms. The van der Waals surface area contributed by atoms with Crippen molar-refractivity contribution in [2.24, 2.45) is 0 Å². The second kappa shape index (κ2) is 4.77. The van der Waals surface area contributed by atoms with Crippen molar-refractivity contribution in [1.29, 1.82) is 0 Å². The topological polar surface area (TPSA) is 35.5 Å². The smallest absolute Gasteiger partial charge is 0.339 e. The summed E-state index contributed by atoms with van der Waals surface area (Å²) in [5.41, 5.74) is 1.81. The average Bonchev–Trinajstić information content (AvgIpc) is 2.88. The van der Waals surface area contributed by atoms with Gasteiger partial charge in [0.2, 0.25) is 0 Å². The molecule has 0 aliphatic carbocycles. The molecule has 1 atom stereocenters. The Hall–Kier alpha value is -0.870. The van der Waals surface area contributed by atoms with Crippen molar-refractivity contribution in [2.45, 2.75) is 19.3 Å². The summed E-state index contributed by atoms with van der Waals surface area (Å²) in [7, 11) is 0. The standard InChI is InChI=1S/C11H14O3S/c1-2-14-11(12)10-7-15-6-9(10)8-3-4-13-5-8/h6-8H,2-5H2,1H3. The van der Waals surface area contributed by atoms with E-state index in [4.69, 9.17) is 9.47 Å². The molecule has 4 heteroatoms. The summed E-state index contributed by atoms with van der Waals surface area (Å²) in [4.78, 5) is 11.6. The maximum atomic E-state index is 11.6. The van der Waals surface area contributed by atoms with Crippen molar-refractivity contribution in [3.8, 4) is 0 Å². The van der Waals surface area contributed by atoms with E-state index in [2.05, 4.69) is 0 Å². The highest BCUT2D eigenvalue weighted by Gasteiger charge is 2.24. The molecule has 1 aromatic heterocycles. The van der Waals surface area contributed by atoms with Crippen molar-refractivity contribution < 1.29 is 14.3 Å². The number of ether oxygens (including phenoxy) is 2. The van der Waals surface area contributed by atoms with Crippen molar-refractivity contribution in [2.75, 3.05) is 19.8 Å². The monoisotopic (exact) mass is 226 g/mol. The molecule has 1 fully saturated rings. The summed E-state index contributed by atoms with van der Waals surface area (Å²) < 4.78 is 10.3. The number of thiophene rings is 1. The Morgan fingerprint density at radius 1 is 1.67 bits per heavy atom.